The second kappa shape index (κ2) is 12.8. The summed E-state index contributed by atoms with van der Waals surface area (Å²) in [5, 5.41) is 27.1. The minimum absolute atomic E-state index is 0.0346. The number of rotatable bonds is 14. The van der Waals surface area contributed by atoms with Gasteiger partial charge in [0, 0.05) is 0 Å². The van der Waals surface area contributed by atoms with Crippen LogP contribution in [0.25, 0.3) is 0 Å². The van der Waals surface area contributed by atoms with Gasteiger partial charge in [0.15, 0.2) is 0 Å². The van der Waals surface area contributed by atoms with Crippen LogP contribution in [0, 0.1) is 0 Å². The molecule has 0 saturated carbocycles. The van der Waals surface area contributed by atoms with Crippen LogP contribution in [0.2, 0.25) is 13.6 Å². The molecule has 0 aliphatic rings. The van der Waals surface area contributed by atoms with E-state index < -0.39 is 50.5 Å². The van der Waals surface area contributed by atoms with Gasteiger partial charge in [-0.05, 0) is 0 Å². The topological polar surface area (TPSA) is 206 Å². The summed E-state index contributed by atoms with van der Waals surface area (Å²) >= 11 is 0. The number of primary amides is 1. The van der Waals surface area contributed by atoms with Gasteiger partial charge in [-0.2, -0.15) is 0 Å². The number of nitrogens with two attached hydrogens (primary N) is 1. The van der Waals surface area contributed by atoms with Gasteiger partial charge in [0.1, 0.15) is 0 Å². The van der Waals surface area contributed by atoms with Crippen molar-refractivity contribution in [1.29, 1.82) is 0 Å². The van der Waals surface area contributed by atoms with Crippen LogP contribution in [0.4, 0.5) is 0 Å². The maximum atomic E-state index is 13.0. The third-order valence-electron chi connectivity index (χ3n) is 4.83. The Bertz CT molecular complexity index is 998. The number of carbonyl (C=O) groups excluding carboxylic acids is 3. The minimum atomic E-state index is -1.13. The Hall–Kier alpha value is -3.30. The molecule has 14 nitrogen and oxygen atoms in total. The first-order valence-corrected chi connectivity index (χ1v) is 10.5. The monoisotopic (exact) mass is 472 g/mol. The van der Waals surface area contributed by atoms with E-state index in [4.69, 9.17) is 5.73 Å². The van der Waals surface area contributed by atoms with E-state index in [0.29, 0.717) is 18.5 Å². The fourth-order valence-electron chi connectivity index (χ4n) is 3.02. The second-order valence-corrected chi connectivity index (χ2v) is 7.67. The molecule has 7 N–H and O–H groups in total. The van der Waals surface area contributed by atoms with Crippen LogP contribution < -0.4 is 21.7 Å². The summed E-state index contributed by atoms with van der Waals surface area (Å²) in [6.07, 6.45) is 5.80. The summed E-state index contributed by atoms with van der Waals surface area (Å²) < 4.78 is 13.7. The van der Waals surface area contributed by atoms with E-state index in [-0.39, 0.29) is 19.3 Å². The second-order valence-electron chi connectivity index (χ2n) is 7.67. The number of hydrogen-bond donors (Lipinski definition) is 6. The quantitative estimate of drug-likeness (QED) is 0.147. The normalized spacial score (nSPS) is 12.4. The molecule has 2 aromatic rings. The Balaban J connectivity index is 2.18. The van der Waals surface area contributed by atoms with Crippen LogP contribution in [0.5, 0.6) is 0 Å². The molecular formula is C17H27B3N8O6. The summed E-state index contributed by atoms with van der Waals surface area (Å²) in [7, 11) is -1.05. The molecule has 0 aliphatic heterocycles. The van der Waals surface area contributed by atoms with Gasteiger partial charge in [-0.25, -0.2) is 0 Å². The molecule has 0 aliphatic carbocycles. The Kier molecular flexibility index (Phi) is 10.2. The predicted octanol–water partition coefficient (Wildman–Crippen LogP) is -4.17. The number of carbonyl (C=O) groups is 3. The van der Waals surface area contributed by atoms with Crippen molar-refractivity contribution in [2.75, 3.05) is 13.0 Å². The van der Waals surface area contributed by atoms with Crippen molar-refractivity contribution in [3.05, 3.63) is 36.4 Å². The van der Waals surface area contributed by atoms with E-state index in [9.17, 15) is 29.1 Å². The molecule has 0 aromatic carbocycles. The molecule has 34 heavy (non-hydrogen) atoms. The van der Waals surface area contributed by atoms with Gasteiger partial charge < -0.3 is 0 Å². The van der Waals surface area contributed by atoms with Gasteiger partial charge in [0.25, 0.3) is 0 Å². The summed E-state index contributed by atoms with van der Waals surface area (Å²) in [6, 6.07) is -2.05. The molecule has 0 bridgehead atoms. The third-order valence-corrected chi connectivity index (χ3v) is 4.83. The van der Waals surface area contributed by atoms with Crippen LogP contribution in [-0.2, 0) is 31.9 Å². The zero-order valence-corrected chi connectivity index (χ0v) is 18.9. The van der Waals surface area contributed by atoms with Crippen molar-refractivity contribution in [1.82, 2.24) is 34.9 Å². The standard InChI is InChI=1S/C17H27B3N8O6/c1-19(33)27-6-11(24-9-27)3-13(23-8-18-32)17(31)26-14(16(30)22-5-15(21)29)4-12-7-28(10-25-12)20(2)34/h6-7,9-10,13-14,23,33-34H,3-5,8H2,1-2H3,(H2,21,29)(H,22,30)(H,26,31). The number of nitrogens with one attached hydrogen (secondary N) is 3. The summed E-state index contributed by atoms with van der Waals surface area (Å²) in [6.45, 7) is 2.66. The van der Waals surface area contributed by atoms with Crippen molar-refractivity contribution in [3.8, 4) is 0 Å². The number of amides is 3. The van der Waals surface area contributed by atoms with Gasteiger partial charge in [-0.1, -0.05) is 0 Å². The number of imidazole rings is 2. The van der Waals surface area contributed by atoms with E-state index in [1.165, 1.54) is 34.6 Å². The molecule has 17 heteroatoms. The first kappa shape index (κ1) is 27.0. The van der Waals surface area contributed by atoms with Crippen LogP contribution in [0.3, 0.4) is 0 Å². The summed E-state index contributed by atoms with van der Waals surface area (Å²) in [4.78, 5) is 45.0. The zero-order valence-electron chi connectivity index (χ0n) is 18.9. The van der Waals surface area contributed by atoms with Gasteiger partial charge in [0.05, 0.1) is 0 Å². The average molecular weight is 472 g/mol. The molecule has 2 unspecified atom stereocenters. The molecule has 0 radical (unpaired) electrons. The van der Waals surface area contributed by atoms with E-state index >= 15 is 0 Å². The number of nitrogens with zero attached hydrogens (tertiary/aromatic N) is 4. The third kappa shape index (κ3) is 8.24. The number of aromatic nitrogens is 4. The van der Waals surface area contributed by atoms with Crippen molar-refractivity contribution < 1.29 is 29.1 Å². The fraction of sp³-hybridized carbons (Fsp3) is 0.471. The van der Waals surface area contributed by atoms with Crippen molar-refractivity contribution in [3.63, 3.8) is 0 Å². The predicted molar refractivity (Wildman–Crippen MR) is 123 cm³/mol. The summed E-state index contributed by atoms with van der Waals surface area (Å²) in [5.41, 5.74) is 5.98. The molecule has 2 rings (SSSR count). The van der Waals surface area contributed by atoms with E-state index in [1.54, 1.807) is 13.0 Å². The Morgan fingerprint density at radius 2 is 1.56 bits per heavy atom. The molecule has 2 aromatic heterocycles. The Morgan fingerprint density at radius 1 is 1.03 bits per heavy atom. The van der Waals surface area contributed by atoms with Crippen LogP contribution in [-0.4, -0.2) is 93.0 Å². The van der Waals surface area contributed by atoms with Gasteiger partial charge >= 0.3 is 197 Å². The first-order chi connectivity index (χ1) is 16.1. The van der Waals surface area contributed by atoms with E-state index in [2.05, 4.69) is 25.9 Å². The van der Waals surface area contributed by atoms with Crippen molar-refractivity contribution in [2.24, 2.45) is 5.73 Å². The van der Waals surface area contributed by atoms with Crippen molar-refractivity contribution >= 4 is 39.0 Å². The molecule has 180 valence electrons. The van der Waals surface area contributed by atoms with E-state index in [0.717, 1.165) is 0 Å². The van der Waals surface area contributed by atoms with Crippen LogP contribution >= 0.6 is 0 Å². The Morgan fingerprint density at radius 3 is 2.00 bits per heavy atom. The molecule has 2 atom stereocenters. The molecule has 0 saturated heterocycles. The van der Waals surface area contributed by atoms with Crippen LogP contribution in [0.1, 0.15) is 11.4 Å². The fourth-order valence-corrected chi connectivity index (χ4v) is 3.02. The maximum absolute atomic E-state index is 13.0. The summed E-state index contributed by atoms with van der Waals surface area (Å²) in [5.74, 6) is -2.01. The molecular weight excluding hydrogens is 445 g/mol. The first-order valence-electron chi connectivity index (χ1n) is 10.5. The molecule has 3 amide bonds. The zero-order chi connectivity index (χ0) is 25.3. The van der Waals surface area contributed by atoms with Gasteiger partial charge in [-0.3, -0.25) is 0 Å². The average Bonchev–Trinajstić information content (AvgIpc) is 3.44. The van der Waals surface area contributed by atoms with Gasteiger partial charge in [-0.15, -0.1) is 0 Å². The number of hydrogen-bond acceptors (Lipinski definition) is 9. The van der Waals surface area contributed by atoms with Crippen molar-refractivity contribution in [2.45, 2.75) is 38.6 Å². The SMILES string of the molecule is CB(O)n1cnc(CC(NCB=O)C(=O)NC(Cc2cn(B(C)O)cn2)C(=O)NCC(N)=O)c1. The van der Waals surface area contributed by atoms with E-state index in [1.807, 2.05) is 0 Å². The van der Waals surface area contributed by atoms with Gasteiger partial charge in [0.2, 0.25) is 0 Å². The Labute approximate surface area is 197 Å². The molecule has 2 heterocycles. The molecule has 0 fully saturated rings. The molecule has 0 spiro atoms. The van der Waals surface area contributed by atoms with Crippen LogP contribution in [0.15, 0.2) is 25.0 Å².